The Labute approximate surface area is 182 Å². The molecule has 2 heterocycles. The lowest BCUT2D eigenvalue weighted by Gasteiger charge is -2.34. The molecule has 1 aromatic carbocycles. The van der Waals surface area contributed by atoms with Crippen molar-refractivity contribution in [3.8, 4) is 0 Å². The summed E-state index contributed by atoms with van der Waals surface area (Å²) < 4.78 is 11.3. The maximum atomic E-state index is 10.8. The molecule has 1 atom stereocenters. The predicted molar refractivity (Wildman–Crippen MR) is 119 cm³/mol. The lowest BCUT2D eigenvalue weighted by atomic mass is 10.2. The van der Waals surface area contributed by atoms with Crippen LogP contribution in [0.2, 0.25) is 0 Å². The number of furan rings is 1. The van der Waals surface area contributed by atoms with Crippen LogP contribution in [0.5, 0.6) is 0 Å². The van der Waals surface area contributed by atoms with Crippen LogP contribution >= 0.6 is 0 Å². The number of benzene rings is 1. The highest BCUT2D eigenvalue weighted by Gasteiger charge is 2.21. The summed E-state index contributed by atoms with van der Waals surface area (Å²) in [5.41, 5.74) is 0.962. The van der Waals surface area contributed by atoms with Crippen LogP contribution < -0.4 is 10.6 Å². The van der Waals surface area contributed by atoms with Crippen LogP contribution in [0, 0.1) is 16.0 Å². The summed E-state index contributed by atoms with van der Waals surface area (Å²) in [6.07, 6.45) is 1.72. The van der Waals surface area contributed by atoms with Gasteiger partial charge < -0.3 is 19.8 Å². The molecule has 0 aliphatic carbocycles. The van der Waals surface area contributed by atoms with E-state index in [-0.39, 0.29) is 11.8 Å². The van der Waals surface area contributed by atoms with Crippen LogP contribution in [0.1, 0.15) is 25.2 Å². The third-order valence-corrected chi connectivity index (χ3v) is 4.92. The standard InChI is InChI=1S/C22H31N5O4/c1-17(2)15-26-9-11-31-21(16-26)14-25-22(24-13-20-4-3-10-30-20)23-12-18-5-7-19(8-6-18)27(28)29/h3-8,10,17,21H,9,11-16H2,1-2H3,(H2,23,24,25). The second-order valence-corrected chi connectivity index (χ2v) is 8.05. The molecule has 1 aliphatic rings. The molecule has 9 nitrogen and oxygen atoms in total. The number of morpholine rings is 1. The quantitative estimate of drug-likeness (QED) is 0.273. The van der Waals surface area contributed by atoms with Crippen molar-refractivity contribution in [2.45, 2.75) is 33.0 Å². The molecule has 2 N–H and O–H groups in total. The van der Waals surface area contributed by atoms with E-state index in [0.717, 1.165) is 37.6 Å². The molecule has 0 saturated carbocycles. The Balaban J connectivity index is 1.58. The molecular formula is C22H31N5O4. The first-order valence-corrected chi connectivity index (χ1v) is 10.6. The fraction of sp³-hybridized carbons (Fsp3) is 0.500. The van der Waals surface area contributed by atoms with Crippen molar-refractivity contribution in [1.29, 1.82) is 0 Å². The van der Waals surface area contributed by atoms with Gasteiger partial charge in [-0.2, -0.15) is 0 Å². The normalized spacial score (nSPS) is 17.6. The molecule has 0 radical (unpaired) electrons. The molecule has 1 saturated heterocycles. The highest BCUT2D eigenvalue weighted by molar-refractivity contribution is 5.79. The van der Waals surface area contributed by atoms with E-state index >= 15 is 0 Å². The van der Waals surface area contributed by atoms with Crippen LogP contribution in [-0.2, 0) is 17.8 Å². The number of hydrogen-bond acceptors (Lipinski definition) is 6. The molecule has 2 aromatic rings. The first kappa shape index (κ1) is 22.8. The van der Waals surface area contributed by atoms with Crippen LogP contribution in [0.15, 0.2) is 52.1 Å². The van der Waals surface area contributed by atoms with Gasteiger partial charge in [-0.1, -0.05) is 26.0 Å². The maximum Gasteiger partial charge on any atom is 0.269 e. The molecular weight excluding hydrogens is 398 g/mol. The van der Waals surface area contributed by atoms with Crippen LogP contribution in [0.4, 0.5) is 5.69 Å². The SMILES string of the molecule is CC(C)CN1CCOC(CNC(=NCc2ccc([N+](=O)[O-])cc2)NCc2ccco2)C1. The molecule has 1 aliphatic heterocycles. The number of guanidine groups is 1. The highest BCUT2D eigenvalue weighted by Crippen LogP contribution is 2.12. The Kier molecular flexibility index (Phi) is 8.43. The Hall–Kier alpha value is -2.91. The third-order valence-electron chi connectivity index (χ3n) is 4.92. The Morgan fingerprint density at radius 1 is 1.29 bits per heavy atom. The largest absolute Gasteiger partial charge is 0.467 e. The summed E-state index contributed by atoms with van der Waals surface area (Å²) in [6, 6.07) is 10.2. The molecule has 0 amide bonds. The first-order chi connectivity index (χ1) is 15.0. The van der Waals surface area contributed by atoms with Crippen LogP contribution in [0.3, 0.4) is 0 Å². The molecule has 0 bridgehead atoms. The van der Waals surface area contributed by atoms with Gasteiger partial charge in [0, 0.05) is 38.3 Å². The van der Waals surface area contributed by atoms with Crippen molar-refractivity contribution in [3.05, 3.63) is 64.1 Å². The number of rotatable bonds is 9. The van der Waals surface area contributed by atoms with Gasteiger partial charge >= 0.3 is 0 Å². The van der Waals surface area contributed by atoms with Gasteiger partial charge in [-0.25, -0.2) is 4.99 Å². The monoisotopic (exact) mass is 429 g/mol. The van der Waals surface area contributed by atoms with E-state index in [1.54, 1.807) is 18.4 Å². The number of nitrogens with one attached hydrogen (secondary N) is 2. The fourth-order valence-electron chi connectivity index (χ4n) is 3.45. The number of nitro benzene ring substituents is 1. The van der Waals surface area contributed by atoms with E-state index in [1.807, 2.05) is 12.1 Å². The average Bonchev–Trinajstić information content (AvgIpc) is 3.27. The molecule has 1 aromatic heterocycles. The second kappa shape index (κ2) is 11.5. The molecule has 1 unspecified atom stereocenters. The molecule has 0 spiro atoms. The summed E-state index contributed by atoms with van der Waals surface area (Å²) >= 11 is 0. The maximum absolute atomic E-state index is 10.8. The van der Waals surface area contributed by atoms with Gasteiger partial charge in [0.25, 0.3) is 5.69 Å². The lowest BCUT2D eigenvalue weighted by Crippen LogP contribution is -2.50. The molecule has 168 valence electrons. The predicted octanol–water partition coefficient (Wildman–Crippen LogP) is 2.78. The Bertz CT molecular complexity index is 836. The first-order valence-electron chi connectivity index (χ1n) is 10.6. The number of aliphatic imine (C=N–C) groups is 1. The molecule has 9 heteroatoms. The zero-order valence-electron chi connectivity index (χ0n) is 18.1. The van der Waals surface area contributed by atoms with E-state index in [9.17, 15) is 10.1 Å². The summed E-state index contributed by atoms with van der Waals surface area (Å²) in [5, 5.41) is 17.5. The van der Waals surface area contributed by atoms with Crippen molar-refractivity contribution in [2.24, 2.45) is 10.9 Å². The van der Waals surface area contributed by atoms with E-state index in [2.05, 4.69) is 34.4 Å². The Morgan fingerprint density at radius 3 is 2.77 bits per heavy atom. The minimum Gasteiger partial charge on any atom is -0.467 e. The van der Waals surface area contributed by atoms with Crippen molar-refractivity contribution in [2.75, 3.05) is 32.8 Å². The van der Waals surface area contributed by atoms with Gasteiger partial charge in [0.2, 0.25) is 0 Å². The smallest absolute Gasteiger partial charge is 0.269 e. The molecule has 1 fully saturated rings. The zero-order valence-corrected chi connectivity index (χ0v) is 18.1. The van der Waals surface area contributed by atoms with Gasteiger partial charge in [0.05, 0.1) is 37.0 Å². The van der Waals surface area contributed by atoms with Crippen molar-refractivity contribution in [1.82, 2.24) is 15.5 Å². The molecule has 3 rings (SSSR count). The van der Waals surface area contributed by atoms with E-state index < -0.39 is 4.92 Å². The minimum atomic E-state index is -0.405. The minimum absolute atomic E-state index is 0.0717. The van der Waals surface area contributed by atoms with Crippen molar-refractivity contribution in [3.63, 3.8) is 0 Å². The highest BCUT2D eigenvalue weighted by atomic mass is 16.6. The van der Waals surface area contributed by atoms with E-state index in [4.69, 9.17) is 9.15 Å². The second-order valence-electron chi connectivity index (χ2n) is 8.05. The number of non-ortho nitro benzene ring substituents is 1. The van der Waals surface area contributed by atoms with E-state index in [1.165, 1.54) is 12.1 Å². The van der Waals surface area contributed by atoms with Gasteiger partial charge in [0.15, 0.2) is 5.96 Å². The topological polar surface area (TPSA) is 105 Å². The van der Waals surface area contributed by atoms with Crippen molar-refractivity contribution < 1.29 is 14.1 Å². The summed E-state index contributed by atoms with van der Waals surface area (Å²) in [4.78, 5) is 17.5. The van der Waals surface area contributed by atoms with E-state index in [0.29, 0.717) is 31.5 Å². The molecule has 31 heavy (non-hydrogen) atoms. The number of hydrogen-bond donors (Lipinski definition) is 2. The number of nitro groups is 1. The van der Waals surface area contributed by atoms with Crippen molar-refractivity contribution >= 4 is 11.6 Å². The zero-order chi connectivity index (χ0) is 22.1. The van der Waals surface area contributed by atoms with Crippen LogP contribution in [-0.4, -0.2) is 54.7 Å². The Morgan fingerprint density at radius 2 is 2.10 bits per heavy atom. The van der Waals surface area contributed by atoms with Gasteiger partial charge in [-0.05, 0) is 23.6 Å². The summed E-state index contributed by atoms with van der Waals surface area (Å²) in [6.45, 7) is 9.64. The van der Waals surface area contributed by atoms with Gasteiger partial charge in [-0.3, -0.25) is 15.0 Å². The summed E-state index contributed by atoms with van der Waals surface area (Å²) in [7, 11) is 0. The number of nitrogens with zero attached hydrogens (tertiary/aromatic N) is 3. The van der Waals surface area contributed by atoms with Gasteiger partial charge in [0.1, 0.15) is 5.76 Å². The fourth-order valence-corrected chi connectivity index (χ4v) is 3.45. The average molecular weight is 430 g/mol. The number of ether oxygens (including phenoxy) is 1. The third kappa shape index (κ3) is 7.69. The van der Waals surface area contributed by atoms with Crippen LogP contribution in [0.25, 0.3) is 0 Å². The lowest BCUT2D eigenvalue weighted by molar-refractivity contribution is -0.384. The van der Waals surface area contributed by atoms with Gasteiger partial charge in [-0.15, -0.1) is 0 Å². The summed E-state index contributed by atoms with van der Waals surface area (Å²) in [5.74, 6) is 2.07.